The third kappa shape index (κ3) is 2.85. The van der Waals surface area contributed by atoms with Gasteiger partial charge in [0.25, 0.3) is 0 Å². The molecule has 2 aromatic carbocycles. The van der Waals surface area contributed by atoms with Crippen molar-refractivity contribution in [2.24, 2.45) is 0 Å². The van der Waals surface area contributed by atoms with Gasteiger partial charge in [0, 0.05) is 12.3 Å². The second-order valence-corrected chi connectivity index (χ2v) is 5.80. The number of thioether (sulfide) groups is 1. The number of aromatic nitrogens is 3. The van der Waals surface area contributed by atoms with Crippen molar-refractivity contribution >= 4 is 22.5 Å². The first-order valence-electron chi connectivity index (χ1n) is 6.89. The lowest BCUT2D eigenvalue weighted by Crippen LogP contribution is -2.00. The number of nitrogens with zero attached hydrogens (tertiary/aromatic N) is 3. The van der Waals surface area contributed by atoms with Gasteiger partial charge in [0.05, 0.1) is 0 Å². The van der Waals surface area contributed by atoms with Gasteiger partial charge in [0.1, 0.15) is 5.82 Å². The van der Waals surface area contributed by atoms with Crippen LogP contribution in [0.4, 0.5) is 0 Å². The minimum atomic E-state index is 0.747. The van der Waals surface area contributed by atoms with Crippen molar-refractivity contribution in [2.45, 2.75) is 24.4 Å². The zero-order valence-corrected chi connectivity index (χ0v) is 12.8. The van der Waals surface area contributed by atoms with E-state index in [0.717, 1.165) is 23.3 Å². The molecule has 3 rings (SSSR count). The molecule has 3 aromatic rings. The van der Waals surface area contributed by atoms with Crippen molar-refractivity contribution in [1.82, 2.24) is 14.8 Å². The molecule has 0 radical (unpaired) electrons. The van der Waals surface area contributed by atoms with Crippen molar-refractivity contribution in [3.63, 3.8) is 0 Å². The lowest BCUT2D eigenvalue weighted by Gasteiger charge is -2.07. The molecule has 0 saturated heterocycles. The average molecular weight is 295 g/mol. The molecule has 0 fully saturated rings. The zero-order valence-electron chi connectivity index (χ0n) is 12.0. The van der Waals surface area contributed by atoms with Gasteiger partial charge in [0.15, 0.2) is 5.16 Å². The minimum Gasteiger partial charge on any atom is -0.302 e. The molecule has 0 amide bonds. The van der Waals surface area contributed by atoms with Crippen LogP contribution in [-0.2, 0) is 12.3 Å². The van der Waals surface area contributed by atoms with Crippen LogP contribution in [0.1, 0.15) is 11.4 Å². The van der Waals surface area contributed by atoms with Gasteiger partial charge in [-0.05, 0) is 23.3 Å². The lowest BCUT2D eigenvalue weighted by atomic mass is 10.1. The van der Waals surface area contributed by atoms with Crippen LogP contribution in [-0.4, -0.2) is 14.8 Å². The quantitative estimate of drug-likeness (QED) is 0.521. The molecular formula is C17H17N3S. The Bertz CT molecular complexity index is 771. The molecule has 0 aliphatic heterocycles. The van der Waals surface area contributed by atoms with E-state index in [1.54, 1.807) is 11.8 Å². The molecular weight excluding hydrogens is 278 g/mol. The Morgan fingerprint density at radius 2 is 1.95 bits per heavy atom. The van der Waals surface area contributed by atoms with Crippen LogP contribution in [0.25, 0.3) is 10.8 Å². The average Bonchev–Trinajstić information content (AvgIpc) is 2.86. The molecule has 0 atom stereocenters. The maximum Gasteiger partial charge on any atom is 0.191 e. The highest BCUT2D eigenvalue weighted by Gasteiger charge is 2.09. The van der Waals surface area contributed by atoms with E-state index >= 15 is 0 Å². The number of hydrogen-bond acceptors (Lipinski definition) is 3. The normalized spacial score (nSPS) is 10.9. The number of fused-ring (bicyclic) bond motifs is 1. The van der Waals surface area contributed by atoms with E-state index in [-0.39, 0.29) is 0 Å². The molecule has 0 aliphatic rings. The van der Waals surface area contributed by atoms with E-state index in [9.17, 15) is 0 Å². The summed E-state index contributed by atoms with van der Waals surface area (Å²) in [5.41, 5.74) is 1.32. The SMILES string of the molecule is C=CCn1c(C)nnc1SCc1cccc2ccccc12. The first kappa shape index (κ1) is 13.9. The number of benzene rings is 2. The van der Waals surface area contributed by atoms with Crippen molar-refractivity contribution in [3.05, 3.63) is 66.5 Å². The highest BCUT2D eigenvalue weighted by Crippen LogP contribution is 2.26. The van der Waals surface area contributed by atoms with Gasteiger partial charge in [-0.3, -0.25) is 0 Å². The van der Waals surface area contributed by atoms with Gasteiger partial charge < -0.3 is 4.57 Å². The Labute approximate surface area is 128 Å². The largest absolute Gasteiger partial charge is 0.302 e. The van der Waals surface area contributed by atoms with Gasteiger partial charge in [-0.15, -0.1) is 16.8 Å². The molecule has 0 saturated carbocycles. The van der Waals surface area contributed by atoms with Gasteiger partial charge in [-0.25, -0.2) is 0 Å². The molecule has 21 heavy (non-hydrogen) atoms. The fourth-order valence-electron chi connectivity index (χ4n) is 2.37. The van der Waals surface area contributed by atoms with E-state index in [2.05, 4.69) is 63.8 Å². The maximum absolute atomic E-state index is 4.26. The number of aryl methyl sites for hydroxylation is 1. The van der Waals surface area contributed by atoms with Crippen LogP contribution >= 0.6 is 11.8 Å². The summed E-state index contributed by atoms with van der Waals surface area (Å²) < 4.78 is 2.09. The molecule has 0 spiro atoms. The summed E-state index contributed by atoms with van der Waals surface area (Å²) in [6.07, 6.45) is 1.87. The molecule has 0 N–H and O–H groups in total. The van der Waals surface area contributed by atoms with Gasteiger partial charge in [-0.2, -0.15) is 0 Å². The van der Waals surface area contributed by atoms with Gasteiger partial charge in [0.2, 0.25) is 0 Å². The van der Waals surface area contributed by atoms with E-state index in [1.165, 1.54) is 16.3 Å². The molecule has 0 aliphatic carbocycles. The monoisotopic (exact) mass is 295 g/mol. The van der Waals surface area contributed by atoms with E-state index < -0.39 is 0 Å². The summed E-state index contributed by atoms with van der Waals surface area (Å²) in [5.74, 6) is 1.81. The van der Waals surface area contributed by atoms with Crippen molar-refractivity contribution in [1.29, 1.82) is 0 Å². The Balaban J connectivity index is 1.85. The maximum atomic E-state index is 4.26. The van der Waals surface area contributed by atoms with Crippen LogP contribution < -0.4 is 0 Å². The Hall–Kier alpha value is -2.07. The van der Waals surface area contributed by atoms with Gasteiger partial charge in [-0.1, -0.05) is 60.3 Å². The lowest BCUT2D eigenvalue weighted by molar-refractivity contribution is 0.703. The smallest absolute Gasteiger partial charge is 0.191 e. The predicted molar refractivity (Wildman–Crippen MR) is 88.5 cm³/mol. The van der Waals surface area contributed by atoms with E-state index in [4.69, 9.17) is 0 Å². The first-order chi connectivity index (χ1) is 10.3. The minimum absolute atomic E-state index is 0.747. The van der Waals surface area contributed by atoms with Gasteiger partial charge >= 0.3 is 0 Å². The molecule has 3 nitrogen and oxygen atoms in total. The molecule has 0 unspecified atom stereocenters. The number of rotatable bonds is 5. The summed E-state index contributed by atoms with van der Waals surface area (Å²) in [7, 11) is 0. The summed E-state index contributed by atoms with van der Waals surface area (Å²) in [6.45, 7) is 6.51. The first-order valence-corrected chi connectivity index (χ1v) is 7.88. The van der Waals surface area contributed by atoms with Crippen LogP contribution in [0.3, 0.4) is 0 Å². The number of allylic oxidation sites excluding steroid dienone is 1. The summed E-state index contributed by atoms with van der Waals surface area (Å²) in [6, 6.07) is 14.9. The van der Waals surface area contributed by atoms with E-state index in [1.807, 2.05) is 13.0 Å². The highest BCUT2D eigenvalue weighted by atomic mass is 32.2. The summed E-state index contributed by atoms with van der Waals surface area (Å²) in [4.78, 5) is 0. The Morgan fingerprint density at radius 3 is 2.81 bits per heavy atom. The zero-order chi connectivity index (χ0) is 14.7. The predicted octanol–water partition coefficient (Wildman–Crippen LogP) is 4.22. The third-order valence-electron chi connectivity index (χ3n) is 3.45. The van der Waals surface area contributed by atoms with Crippen molar-refractivity contribution in [2.75, 3.05) is 0 Å². The summed E-state index contributed by atoms with van der Waals surface area (Å²) >= 11 is 1.72. The Morgan fingerprint density at radius 1 is 1.14 bits per heavy atom. The second kappa shape index (κ2) is 6.14. The molecule has 4 heteroatoms. The van der Waals surface area contributed by atoms with Crippen LogP contribution in [0, 0.1) is 6.92 Å². The standard InChI is InChI=1S/C17H17N3S/c1-3-11-20-13(2)18-19-17(20)21-12-15-9-6-8-14-7-4-5-10-16(14)15/h3-10H,1,11-12H2,2H3. The molecule has 106 valence electrons. The highest BCUT2D eigenvalue weighted by molar-refractivity contribution is 7.98. The third-order valence-corrected chi connectivity index (χ3v) is 4.47. The second-order valence-electron chi connectivity index (χ2n) is 4.86. The molecule has 1 heterocycles. The summed E-state index contributed by atoms with van der Waals surface area (Å²) in [5, 5.41) is 11.9. The fraction of sp³-hybridized carbons (Fsp3) is 0.176. The van der Waals surface area contributed by atoms with Crippen LogP contribution in [0.15, 0.2) is 60.3 Å². The van der Waals surface area contributed by atoms with Crippen molar-refractivity contribution in [3.8, 4) is 0 Å². The molecule has 1 aromatic heterocycles. The topological polar surface area (TPSA) is 30.7 Å². The Kier molecular flexibility index (Phi) is 4.06. The van der Waals surface area contributed by atoms with Crippen molar-refractivity contribution < 1.29 is 0 Å². The number of hydrogen-bond donors (Lipinski definition) is 0. The van der Waals surface area contributed by atoms with Crippen LogP contribution in [0.5, 0.6) is 0 Å². The molecule has 0 bridgehead atoms. The fourth-order valence-corrected chi connectivity index (χ4v) is 3.37. The van der Waals surface area contributed by atoms with Crippen LogP contribution in [0.2, 0.25) is 0 Å². The van der Waals surface area contributed by atoms with E-state index in [0.29, 0.717) is 0 Å².